The number of hydrogen-bond donors (Lipinski definition) is 2. The molecular weight excluding hydrogens is 214 g/mol. The fraction of sp³-hybridized carbons (Fsp3) is 0.571. The Morgan fingerprint density at radius 3 is 2.71 bits per heavy atom. The fourth-order valence-electron chi connectivity index (χ4n) is 2.66. The molecule has 0 aromatic heterocycles. The van der Waals surface area contributed by atoms with Crippen molar-refractivity contribution in [3.8, 4) is 0 Å². The van der Waals surface area contributed by atoms with Crippen LogP contribution in [-0.2, 0) is 0 Å². The van der Waals surface area contributed by atoms with E-state index in [1.54, 1.807) is 0 Å². The van der Waals surface area contributed by atoms with Crippen LogP contribution in [0.2, 0.25) is 0 Å². The van der Waals surface area contributed by atoms with Crippen molar-refractivity contribution < 1.29 is 10.2 Å². The third-order valence-corrected chi connectivity index (χ3v) is 3.72. The van der Waals surface area contributed by atoms with Crippen LogP contribution in [0.15, 0.2) is 30.3 Å². The highest BCUT2D eigenvalue weighted by atomic mass is 16.3. The molecule has 1 aromatic carbocycles. The van der Waals surface area contributed by atoms with Gasteiger partial charge in [-0.3, -0.25) is 4.90 Å². The molecule has 3 heteroatoms. The predicted molar refractivity (Wildman–Crippen MR) is 67.7 cm³/mol. The third-order valence-electron chi connectivity index (χ3n) is 3.72. The van der Waals surface area contributed by atoms with E-state index in [0.29, 0.717) is 12.5 Å². The maximum absolute atomic E-state index is 9.64. The second-order valence-corrected chi connectivity index (χ2v) is 4.84. The summed E-state index contributed by atoms with van der Waals surface area (Å²) >= 11 is 0. The number of likely N-dealkylation sites (tertiary alicyclic amines) is 1. The van der Waals surface area contributed by atoms with Crippen LogP contribution in [0.5, 0.6) is 0 Å². The third kappa shape index (κ3) is 2.86. The van der Waals surface area contributed by atoms with Gasteiger partial charge in [0.15, 0.2) is 0 Å². The van der Waals surface area contributed by atoms with E-state index in [4.69, 9.17) is 0 Å². The summed E-state index contributed by atoms with van der Waals surface area (Å²) in [6.07, 6.45) is 1.22. The van der Waals surface area contributed by atoms with Crippen molar-refractivity contribution in [2.75, 3.05) is 13.2 Å². The molecule has 0 bridgehead atoms. The van der Waals surface area contributed by atoms with Crippen molar-refractivity contribution in [1.29, 1.82) is 0 Å². The van der Waals surface area contributed by atoms with Gasteiger partial charge < -0.3 is 10.2 Å². The smallest absolute Gasteiger partial charge is 0.0588 e. The summed E-state index contributed by atoms with van der Waals surface area (Å²) in [6.45, 7) is 3.13. The summed E-state index contributed by atoms with van der Waals surface area (Å²) in [6, 6.07) is 10.7. The standard InChI is InChI=1S/C14H21NO2/c1-11(12-5-3-2-4-6-12)15-8-7-14(17)9-13(15)10-16/h2-6,11,13-14,16-17H,7-10H2,1H3/t11-,13+,14-/m1/s1. The summed E-state index contributed by atoms with van der Waals surface area (Å²) in [7, 11) is 0. The number of benzene rings is 1. The largest absolute Gasteiger partial charge is 0.395 e. The van der Waals surface area contributed by atoms with Gasteiger partial charge in [0.2, 0.25) is 0 Å². The minimum Gasteiger partial charge on any atom is -0.395 e. The lowest BCUT2D eigenvalue weighted by atomic mass is 9.96. The molecule has 0 amide bonds. The van der Waals surface area contributed by atoms with Gasteiger partial charge in [0.05, 0.1) is 12.7 Å². The molecule has 1 fully saturated rings. The topological polar surface area (TPSA) is 43.7 Å². The minimum atomic E-state index is -0.258. The van der Waals surface area contributed by atoms with E-state index in [1.165, 1.54) is 5.56 Å². The molecule has 0 unspecified atom stereocenters. The Balaban J connectivity index is 2.10. The Hall–Kier alpha value is -0.900. The number of aliphatic hydroxyl groups excluding tert-OH is 2. The first-order valence-corrected chi connectivity index (χ1v) is 6.32. The number of nitrogens with zero attached hydrogens (tertiary/aromatic N) is 1. The predicted octanol–water partition coefficient (Wildman–Crippen LogP) is 1.57. The lowest BCUT2D eigenvalue weighted by molar-refractivity contribution is -0.00252. The molecule has 3 nitrogen and oxygen atoms in total. The van der Waals surface area contributed by atoms with Crippen LogP contribution >= 0.6 is 0 Å². The van der Waals surface area contributed by atoms with Gasteiger partial charge in [-0.05, 0) is 25.3 Å². The van der Waals surface area contributed by atoms with Gasteiger partial charge in [0, 0.05) is 18.6 Å². The summed E-state index contributed by atoms with van der Waals surface area (Å²) in [5.74, 6) is 0. The van der Waals surface area contributed by atoms with Crippen molar-refractivity contribution in [3.63, 3.8) is 0 Å². The summed E-state index contributed by atoms with van der Waals surface area (Å²) < 4.78 is 0. The molecule has 2 rings (SSSR count). The molecular formula is C14H21NO2. The zero-order chi connectivity index (χ0) is 12.3. The van der Waals surface area contributed by atoms with Gasteiger partial charge in [0.25, 0.3) is 0 Å². The normalized spacial score (nSPS) is 27.9. The summed E-state index contributed by atoms with van der Waals surface area (Å²) in [5, 5.41) is 19.1. The van der Waals surface area contributed by atoms with E-state index < -0.39 is 0 Å². The first-order chi connectivity index (χ1) is 8.22. The van der Waals surface area contributed by atoms with Crippen molar-refractivity contribution in [2.24, 2.45) is 0 Å². The SMILES string of the molecule is C[C@H](c1ccccc1)N1CC[C@@H](O)C[C@H]1CO. The molecule has 1 saturated heterocycles. The van der Waals surface area contributed by atoms with E-state index in [-0.39, 0.29) is 18.8 Å². The molecule has 0 spiro atoms. The molecule has 0 aliphatic carbocycles. The molecule has 3 atom stereocenters. The molecule has 0 saturated carbocycles. The molecule has 0 radical (unpaired) electrons. The average molecular weight is 235 g/mol. The molecule has 1 heterocycles. The minimum absolute atomic E-state index is 0.0777. The maximum Gasteiger partial charge on any atom is 0.0588 e. The van der Waals surface area contributed by atoms with E-state index in [9.17, 15) is 10.2 Å². The molecule has 94 valence electrons. The van der Waals surface area contributed by atoms with E-state index in [0.717, 1.165) is 13.0 Å². The zero-order valence-electron chi connectivity index (χ0n) is 10.3. The van der Waals surface area contributed by atoms with Crippen LogP contribution < -0.4 is 0 Å². The van der Waals surface area contributed by atoms with Crippen molar-refractivity contribution in [1.82, 2.24) is 4.90 Å². The lowest BCUT2D eigenvalue weighted by Crippen LogP contribution is -2.47. The highest BCUT2D eigenvalue weighted by Gasteiger charge is 2.30. The Bertz CT molecular complexity index is 341. The first kappa shape index (κ1) is 12.6. The van der Waals surface area contributed by atoms with Crippen LogP contribution in [0.25, 0.3) is 0 Å². The number of rotatable bonds is 3. The molecule has 1 aliphatic heterocycles. The summed E-state index contributed by atoms with van der Waals surface area (Å²) in [4.78, 5) is 2.29. The van der Waals surface area contributed by atoms with Gasteiger partial charge in [-0.1, -0.05) is 30.3 Å². The van der Waals surface area contributed by atoms with E-state index in [1.807, 2.05) is 18.2 Å². The zero-order valence-corrected chi connectivity index (χ0v) is 10.3. The number of piperidine rings is 1. The van der Waals surface area contributed by atoms with Crippen molar-refractivity contribution in [2.45, 2.75) is 38.0 Å². The van der Waals surface area contributed by atoms with Crippen LogP contribution in [0, 0.1) is 0 Å². The van der Waals surface area contributed by atoms with Crippen LogP contribution in [0.1, 0.15) is 31.4 Å². The quantitative estimate of drug-likeness (QED) is 0.835. The Labute approximate surface area is 103 Å². The van der Waals surface area contributed by atoms with Crippen molar-refractivity contribution >= 4 is 0 Å². The molecule has 1 aromatic rings. The second kappa shape index (κ2) is 5.63. The molecule has 17 heavy (non-hydrogen) atoms. The van der Waals surface area contributed by atoms with Gasteiger partial charge >= 0.3 is 0 Å². The number of aliphatic hydroxyl groups is 2. The van der Waals surface area contributed by atoms with Gasteiger partial charge in [-0.25, -0.2) is 0 Å². The lowest BCUT2D eigenvalue weighted by Gasteiger charge is -2.41. The number of hydrogen-bond acceptors (Lipinski definition) is 3. The second-order valence-electron chi connectivity index (χ2n) is 4.84. The van der Waals surface area contributed by atoms with Crippen LogP contribution in [-0.4, -0.2) is 40.4 Å². The monoisotopic (exact) mass is 235 g/mol. The Morgan fingerprint density at radius 1 is 1.35 bits per heavy atom. The Morgan fingerprint density at radius 2 is 2.06 bits per heavy atom. The van der Waals surface area contributed by atoms with E-state index >= 15 is 0 Å². The van der Waals surface area contributed by atoms with Gasteiger partial charge in [-0.15, -0.1) is 0 Å². The molecule has 2 N–H and O–H groups in total. The van der Waals surface area contributed by atoms with Crippen LogP contribution in [0.3, 0.4) is 0 Å². The highest BCUT2D eigenvalue weighted by molar-refractivity contribution is 5.18. The van der Waals surface area contributed by atoms with E-state index in [2.05, 4.69) is 24.0 Å². The Kier molecular flexibility index (Phi) is 4.15. The first-order valence-electron chi connectivity index (χ1n) is 6.32. The average Bonchev–Trinajstić information content (AvgIpc) is 2.39. The van der Waals surface area contributed by atoms with Gasteiger partial charge in [0.1, 0.15) is 0 Å². The molecule has 1 aliphatic rings. The highest BCUT2D eigenvalue weighted by Crippen LogP contribution is 2.28. The van der Waals surface area contributed by atoms with Crippen LogP contribution in [0.4, 0.5) is 0 Å². The summed E-state index contributed by atoms with van der Waals surface area (Å²) in [5.41, 5.74) is 1.27. The van der Waals surface area contributed by atoms with Gasteiger partial charge in [-0.2, -0.15) is 0 Å². The fourth-order valence-corrected chi connectivity index (χ4v) is 2.66. The maximum atomic E-state index is 9.64. The van der Waals surface area contributed by atoms with Crippen molar-refractivity contribution in [3.05, 3.63) is 35.9 Å².